The molecule has 1 aliphatic heterocycles. The van der Waals surface area contributed by atoms with Crippen LogP contribution in [0.15, 0.2) is 103 Å². The van der Waals surface area contributed by atoms with E-state index in [-0.39, 0.29) is 17.6 Å². The second-order valence-corrected chi connectivity index (χ2v) is 9.41. The van der Waals surface area contributed by atoms with Gasteiger partial charge in [0, 0.05) is 35.5 Å². The number of nitrogens with zero attached hydrogens (tertiary/aromatic N) is 1. The highest BCUT2D eigenvalue weighted by atomic mass is 16.1. The maximum atomic E-state index is 13.9. The van der Waals surface area contributed by atoms with Crippen molar-refractivity contribution in [3.05, 3.63) is 120 Å². The van der Waals surface area contributed by atoms with Crippen LogP contribution < -0.4 is 0 Å². The molecule has 1 heterocycles. The molecule has 0 N–H and O–H groups in total. The normalized spacial score (nSPS) is 21.8. The number of Topliss-reactive ketones (excluding diaryl/α,β-unsaturated/α-hetero) is 1. The molecule has 33 heavy (non-hydrogen) atoms. The summed E-state index contributed by atoms with van der Waals surface area (Å²) in [5, 5.41) is 0. The number of hydrogen-bond acceptors (Lipinski definition) is 1. The number of hydrogen-bond donors (Lipinski definition) is 0. The van der Waals surface area contributed by atoms with Gasteiger partial charge in [-0.3, -0.25) is 4.79 Å². The molecule has 2 atom stereocenters. The third-order valence-electron chi connectivity index (χ3n) is 7.38. The monoisotopic (exact) mass is 434 g/mol. The molecule has 0 unspecified atom stereocenters. The van der Waals surface area contributed by atoms with Gasteiger partial charge in [-0.15, -0.1) is 0 Å². The predicted molar refractivity (Wildman–Crippen MR) is 135 cm³/mol. The van der Waals surface area contributed by atoms with Gasteiger partial charge < -0.3 is 0 Å². The van der Waals surface area contributed by atoms with Crippen molar-refractivity contribution in [3.63, 3.8) is 0 Å². The summed E-state index contributed by atoms with van der Waals surface area (Å²) in [5.41, 5.74) is 5.48. The highest BCUT2D eigenvalue weighted by Crippen LogP contribution is 2.40. The maximum Gasteiger partial charge on any atom is 0.210 e. The number of rotatable bonds is 5. The molecule has 1 saturated carbocycles. The van der Waals surface area contributed by atoms with Crippen molar-refractivity contribution >= 4 is 11.5 Å². The first-order valence-corrected chi connectivity index (χ1v) is 12.3. The van der Waals surface area contributed by atoms with Crippen LogP contribution in [-0.2, 0) is 0 Å². The largest absolute Gasteiger partial charge is 0.294 e. The summed E-state index contributed by atoms with van der Waals surface area (Å²) in [5.74, 6) is 0.0316. The van der Waals surface area contributed by atoms with E-state index in [1.807, 2.05) is 36.4 Å². The molecule has 166 valence electrons. The Balaban J connectivity index is 1.67. The van der Waals surface area contributed by atoms with Crippen molar-refractivity contribution in [1.82, 2.24) is 0 Å². The highest BCUT2D eigenvalue weighted by Gasteiger charge is 2.45. The van der Waals surface area contributed by atoms with Crippen molar-refractivity contribution in [3.8, 4) is 0 Å². The molecule has 0 spiro atoms. The maximum absolute atomic E-state index is 13.9. The summed E-state index contributed by atoms with van der Waals surface area (Å²) in [4.78, 5) is 13.9. The lowest BCUT2D eigenvalue weighted by Gasteiger charge is -2.35. The van der Waals surface area contributed by atoms with Gasteiger partial charge >= 0.3 is 0 Å². The molecule has 2 aliphatic rings. The molecule has 2 nitrogen and oxygen atoms in total. The lowest BCUT2D eigenvalue weighted by molar-refractivity contribution is -0.576. The van der Waals surface area contributed by atoms with Crippen molar-refractivity contribution < 1.29 is 9.37 Å². The second-order valence-electron chi connectivity index (χ2n) is 9.41. The highest BCUT2D eigenvalue weighted by molar-refractivity contribution is 6.12. The average molecular weight is 435 g/mol. The van der Waals surface area contributed by atoms with Crippen LogP contribution in [0.4, 0.5) is 0 Å². The molecule has 5 rings (SSSR count). The fraction of sp³-hybridized carbons (Fsp3) is 0.290. The van der Waals surface area contributed by atoms with Crippen LogP contribution in [0.5, 0.6) is 0 Å². The minimum atomic E-state index is -0.156. The Kier molecular flexibility index (Phi) is 6.35. The zero-order valence-electron chi connectivity index (χ0n) is 19.2. The molecule has 0 saturated heterocycles. The minimum absolute atomic E-state index is 0.0334. The van der Waals surface area contributed by atoms with Gasteiger partial charge in [0.25, 0.3) is 0 Å². The summed E-state index contributed by atoms with van der Waals surface area (Å²) < 4.78 is 2.54. The molecular formula is C31H32NO+. The molecule has 3 aromatic rings. The van der Waals surface area contributed by atoms with Crippen molar-refractivity contribution in [1.29, 1.82) is 0 Å². The zero-order chi connectivity index (χ0) is 22.6. The van der Waals surface area contributed by atoms with Crippen LogP contribution in [0, 0.1) is 5.92 Å². The molecule has 0 radical (unpaired) electrons. The molecule has 1 aliphatic carbocycles. The number of carbonyl (C=O) groups excluding carboxylic acids is 1. The summed E-state index contributed by atoms with van der Waals surface area (Å²) >= 11 is 0. The van der Waals surface area contributed by atoms with Crippen LogP contribution in [-0.4, -0.2) is 28.7 Å². The van der Waals surface area contributed by atoms with Crippen molar-refractivity contribution in [2.24, 2.45) is 5.92 Å². The van der Waals surface area contributed by atoms with E-state index in [1.165, 1.54) is 48.9 Å². The van der Waals surface area contributed by atoms with Gasteiger partial charge in [-0.1, -0.05) is 91.9 Å². The van der Waals surface area contributed by atoms with Crippen LogP contribution in [0.1, 0.15) is 59.5 Å². The van der Waals surface area contributed by atoms with E-state index in [0.29, 0.717) is 6.04 Å². The Morgan fingerprint density at radius 3 is 1.97 bits per heavy atom. The Morgan fingerprint density at radius 1 is 0.758 bits per heavy atom. The van der Waals surface area contributed by atoms with E-state index in [4.69, 9.17) is 0 Å². The fourth-order valence-electron chi connectivity index (χ4n) is 5.80. The van der Waals surface area contributed by atoms with E-state index in [0.717, 1.165) is 17.7 Å². The molecular weight excluding hydrogens is 402 g/mol. The summed E-state index contributed by atoms with van der Waals surface area (Å²) in [6.45, 7) is 5.41. The molecule has 1 fully saturated rings. The SMILES string of the molecule is C=C1C(c2ccccc2)=[N+](C2CCCCC2)C[C@@H](C(=O)c2ccccc2)[C@H]1c1ccccc1. The van der Waals surface area contributed by atoms with E-state index < -0.39 is 0 Å². The lowest BCUT2D eigenvalue weighted by atomic mass is 9.72. The van der Waals surface area contributed by atoms with Gasteiger partial charge in [-0.05, 0) is 30.5 Å². The van der Waals surface area contributed by atoms with Crippen LogP contribution >= 0.6 is 0 Å². The first kappa shape index (κ1) is 21.6. The molecule has 3 aromatic carbocycles. The Bertz CT molecular complexity index is 1140. The fourth-order valence-corrected chi connectivity index (χ4v) is 5.80. The van der Waals surface area contributed by atoms with Gasteiger partial charge in [0.1, 0.15) is 0 Å². The number of carbonyl (C=O) groups is 1. The second kappa shape index (κ2) is 9.70. The van der Waals surface area contributed by atoms with Crippen LogP contribution in [0.2, 0.25) is 0 Å². The van der Waals surface area contributed by atoms with Gasteiger partial charge in [0.15, 0.2) is 18.4 Å². The van der Waals surface area contributed by atoms with Gasteiger partial charge in [-0.2, -0.15) is 0 Å². The van der Waals surface area contributed by atoms with Crippen LogP contribution in [0.3, 0.4) is 0 Å². The third kappa shape index (κ3) is 4.35. The van der Waals surface area contributed by atoms with E-state index >= 15 is 0 Å². The number of benzene rings is 3. The zero-order valence-corrected chi connectivity index (χ0v) is 19.2. The van der Waals surface area contributed by atoms with E-state index in [2.05, 4.69) is 65.8 Å². The predicted octanol–water partition coefficient (Wildman–Crippen LogP) is 6.67. The first-order chi connectivity index (χ1) is 16.2. The molecule has 0 amide bonds. The summed E-state index contributed by atoms with van der Waals surface area (Å²) in [7, 11) is 0. The third-order valence-corrected chi connectivity index (χ3v) is 7.38. The van der Waals surface area contributed by atoms with Gasteiger partial charge in [0.05, 0.1) is 5.92 Å². The molecule has 0 aromatic heterocycles. The molecule has 2 heteroatoms. The Labute approximate surface area is 197 Å². The van der Waals surface area contributed by atoms with E-state index in [9.17, 15) is 4.79 Å². The van der Waals surface area contributed by atoms with Crippen molar-refractivity contribution in [2.45, 2.75) is 44.1 Å². The van der Waals surface area contributed by atoms with E-state index in [1.54, 1.807) is 0 Å². The molecule has 0 bridgehead atoms. The summed E-state index contributed by atoms with van der Waals surface area (Å²) in [6.07, 6.45) is 6.20. The van der Waals surface area contributed by atoms with Gasteiger partial charge in [-0.25, -0.2) is 4.58 Å². The first-order valence-electron chi connectivity index (χ1n) is 12.3. The topological polar surface area (TPSA) is 20.1 Å². The van der Waals surface area contributed by atoms with Crippen LogP contribution in [0.25, 0.3) is 0 Å². The van der Waals surface area contributed by atoms with Crippen molar-refractivity contribution in [2.75, 3.05) is 6.54 Å². The minimum Gasteiger partial charge on any atom is -0.294 e. The Morgan fingerprint density at radius 2 is 1.33 bits per heavy atom. The number of allylic oxidation sites excluding steroid dienone is 1. The average Bonchev–Trinajstić information content (AvgIpc) is 2.89. The standard InChI is InChI=1S/C31H32NO/c1-23-29(24-14-6-2-7-15-24)28(31(33)26-18-10-4-11-19-26)22-32(27-20-12-5-13-21-27)30(23)25-16-8-3-9-17-25/h2-4,6-11,14-19,27-29H,1,5,12-13,20-22H2/q+1/t28-,29-/m1/s1. The quantitative estimate of drug-likeness (QED) is 0.324. The number of ketones is 1. The van der Waals surface area contributed by atoms with Gasteiger partial charge in [0.2, 0.25) is 5.71 Å². The smallest absolute Gasteiger partial charge is 0.210 e. The summed E-state index contributed by atoms with van der Waals surface area (Å²) in [6, 6.07) is 31.4. The lowest BCUT2D eigenvalue weighted by Crippen LogP contribution is -2.46. The Hall–Kier alpha value is -3.26.